The summed E-state index contributed by atoms with van der Waals surface area (Å²) in [6.45, 7) is 6.52. The molecule has 2 N–H and O–H groups in total. The molecule has 1 heterocycles. The Morgan fingerprint density at radius 3 is 2.58 bits per heavy atom. The standard InChI is InChI=1S/C25H33FO7/c1-22(2)32-20-7-14-13-5-16(26)15-6-17(29)12(10-27)8-23(15,3)21(13)18(30)9-24(14,4)25(20,33-22)19(31)11-28/h10,12-14,18,20-21,28,30H,5-9,11H2,1-4H3/t12?,13-,14-,18-,20+,21+,23-,24-,25+/m0/s1. The second-order valence-electron chi connectivity index (χ2n) is 11.7. The van der Waals surface area contributed by atoms with E-state index < -0.39 is 52.7 Å². The molecule has 9 atom stereocenters. The van der Waals surface area contributed by atoms with Gasteiger partial charge in [-0.05, 0) is 61.9 Å². The zero-order chi connectivity index (χ0) is 24.1. The summed E-state index contributed by atoms with van der Waals surface area (Å²) in [5, 5.41) is 21.4. The first-order chi connectivity index (χ1) is 15.3. The highest BCUT2D eigenvalue weighted by atomic mass is 19.1. The molecule has 5 rings (SSSR count). The summed E-state index contributed by atoms with van der Waals surface area (Å²) >= 11 is 0. The molecule has 0 bridgehead atoms. The maximum absolute atomic E-state index is 15.6. The van der Waals surface area contributed by atoms with Crippen LogP contribution in [0.1, 0.15) is 59.8 Å². The van der Waals surface area contributed by atoms with Crippen LogP contribution in [0, 0.1) is 34.5 Å². The second kappa shape index (κ2) is 7.03. The van der Waals surface area contributed by atoms with Crippen molar-refractivity contribution in [3.05, 3.63) is 11.4 Å². The van der Waals surface area contributed by atoms with Crippen molar-refractivity contribution in [3.63, 3.8) is 0 Å². The number of carbonyl (C=O) groups excluding carboxylic acids is 3. The van der Waals surface area contributed by atoms with E-state index in [2.05, 4.69) is 0 Å². The van der Waals surface area contributed by atoms with Crippen LogP contribution in [0.4, 0.5) is 4.39 Å². The summed E-state index contributed by atoms with van der Waals surface area (Å²) in [6, 6.07) is 0. The highest BCUT2D eigenvalue weighted by Crippen LogP contribution is 2.71. The molecule has 8 heteroatoms. The summed E-state index contributed by atoms with van der Waals surface area (Å²) in [4.78, 5) is 37.2. The van der Waals surface area contributed by atoms with Crippen LogP contribution in [0.3, 0.4) is 0 Å². The molecule has 0 aromatic carbocycles. The lowest BCUT2D eigenvalue weighted by molar-refractivity contribution is -0.226. The van der Waals surface area contributed by atoms with Gasteiger partial charge in [0.2, 0.25) is 0 Å². The number of Topliss-reactive ketones (excluding diaryl/α,β-unsaturated/α-hetero) is 2. The number of carbonyl (C=O) groups is 3. The van der Waals surface area contributed by atoms with Crippen molar-refractivity contribution in [2.75, 3.05) is 6.61 Å². The van der Waals surface area contributed by atoms with E-state index in [1.165, 1.54) is 0 Å². The number of fused-ring (bicyclic) bond motifs is 7. The number of hydrogen-bond donors (Lipinski definition) is 2. The van der Waals surface area contributed by atoms with Gasteiger partial charge in [0.1, 0.15) is 24.5 Å². The van der Waals surface area contributed by atoms with Gasteiger partial charge in [-0.3, -0.25) is 9.59 Å². The number of allylic oxidation sites excluding steroid dienone is 2. The monoisotopic (exact) mass is 464 g/mol. The smallest absolute Gasteiger partial charge is 0.193 e. The first-order valence-electron chi connectivity index (χ1n) is 11.9. The Kier molecular flexibility index (Phi) is 4.96. The molecule has 1 aliphatic heterocycles. The van der Waals surface area contributed by atoms with Gasteiger partial charge in [0.25, 0.3) is 0 Å². The fraction of sp³-hybridized carbons (Fsp3) is 0.800. The van der Waals surface area contributed by atoms with E-state index in [1.54, 1.807) is 13.8 Å². The Morgan fingerprint density at radius 1 is 1.24 bits per heavy atom. The van der Waals surface area contributed by atoms with Gasteiger partial charge >= 0.3 is 0 Å². The third kappa shape index (κ3) is 2.78. The molecule has 182 valence electrons. The molecule has 33 heavy (non-hydrogen) atoms. The number of halogens is 1. The summed E-state index contributed by atoms with van der Waals surface area (Å²) in [5.41, 5.74) is -2.69. The van der Waals surface area contributed by atoms with E-state index >= 15 is 4.39 Å². The van der Waals surface area contributed by atoms with Crippen molar-refractivity contribution in [2.45, 2.75) is 83.4 Å². The molecule has 4 fully saturated rings. The number of aldehydes is 1. The molecule has 0 aromatic rings. The summed E-state index contributed by atoms with van der Waals surface area (Å²) in [6.07, 6.45) is -0.0121. The van der Waals surface area contributed by atoms with Gasteiger partial charge in [-0.25, -0.2) is 4.39 Å². The van der Waals surface area contributed by atoms with Crippen molar-refractivity contribution in [1.82, 2.24) is 0 Å². The van der Waals surface area contributed by atoms with Gasteiger partial charge in [-0.1, -0.05) is 13.8 Å². The number of rotatable bonds is 3. The molecule has 3 saturated carbocycles. The van der Waals surface area contributed by atoms with Gasteiger partial charge in [-0.2, -0.15) is 0 Å². The predicted molar refractivity (Wildman–Crippen MR) is 113 cm³/mol. The molecule has 1 unspecified atom stereocenters. The van der Waals surface area contributed by atoms with Gasteiger partial charge in [0, 0.05) is 18.3 Å². The first-order valence-corrected chi connectivity index (χ1v) is 11.9. The van der Waals surface area contributed by atoms with Crippen LogP contribution in [0.25, 0.3) is 0 Å². The minimum absolute atomic E-state index is 0.0749. The fourth-order valence-corrected chi connectivity index (χ4v) is 8.65. The van der Waals surface area contributed by atoms with E-state index in [1.807, 2.05) is 13.8 Å². The molecule has 0 aromatic heterocycles. The third-order valence-corrected chi connectivity index (χ3v) is 9.75. The number of ether oxygens (including phenoxy) is 2. The SMILES string of the molecule is CC1(C)O[C@@H]2C[C@H]3[C@@H]4CC(F)=C5CC(=O)C(C=O)C[C@]5(C)[C@H]4[C@@H](O)C[C@]3(C)[C@]2(C(=O)CO)O1. The maximum atomic E-state index is 15.6. The Morgan fingerprint density at radius 2 is 1.94 bits per heavy atom. The van der Waals surface area contributed by atoms with Crippen molar-refractivity contribution in [3.8, 4) is 0 Å². The number of aliphatic hydroxyl groups is 2. The summed E-state index contributed by atoms with van der Waals surface area (Å²) in [7, 11) is 0. The van der Waals surface area contributed by atoms with E-state index in [0.717, 1.165) is 0 Å². The number of ketones is 2. The number of aliphatic hydroxyl groups excluding tert-OH is 2. The Hall–Kier alpha value is -1.48. The maximum Gasteiger partial charge on any atom is 0.193 e. The van der Waals surface area contributed by atoms with Crippen LogP contribution in [0.5, 0.6) is 0 Å². The average Bonchev–Trinajstić information content (AvgIpc) is 3.14. The van der Waals surface area contributed by atoms with Crippen molar-refractivity contribution >= 4 is 17.9 Å². The van der Waals surface area contributed by atoms with Gasteiger partial charge in [0.05, 0.1) is 18.1 Å². The van der Waals surface area contributed by atoms with Crippen molar-refractivity contribution in [2.24, 2.45) is 34.5 Å². The van der Waals surface area contributed by atoms with Crippen molar-refractivity contribution < 1.29 is 38.5 Å². The summed E-state index contributed by atoms with van der Waals surface area (Å²) in [5.74, 6) is -3.77. The topological polar surface area (TPSA) is 110 Å². The predicted octanol–water partition coefficient (Wildman–Crippen LogP) is 2.27. The highest BCUT2D eigenvalue weighted by molar-refractivity contribution is 5.96. The van der Waals surface area contributed by atoms with E-state index in [4.69, 9.17) is 9.47 Å². The average molecular weight is 465 g/mol. The summed E-state index contributed by atoms with van der Waals surface area (Å²) < 4.78 is 28.0. The van der Waals surface area contributed by atoms with Crippen LogP contribution in [-0.2, 0) is 23.9 Å². The second-order valence-corrected chi connectivity index (χ2v) is 11.7. The third-order valence-electron chi connectivity index (χ3n) is 9.75. The van der Waals surface area contributed by atoms with Crippen LogP contribution in [-0.4, -0.2) is 58.3 Å². The molecular weight excluding hydrogens is 431 g/mol. The van der Waals surface area contributed by atoms with Crippen LogP contribution < -0.4 is 0 Å². The molecule has 1 saturated heterocycles. The zero-order valence-corrected chi connectivity index (χ0v) is 19.6. The van der Waals surface area contributed by atoms with Gasteiger partial charge in [-0.15, -0.1) is 0 Å². The largest absolute Gasteiger partial charge is 0.393 e. The Labute approximate surface area is 192 Å². The lowest BCUT2D eigenvalue weighted by atomic mass is 9.45. The van der Waals surface area contributed by atoms with Gasteiger partial charge < -0.3 is 24.5 Å². The minimum atomic E-state index is -1.42. The normalized spacial score (nSPS) is 50.3. The number of hydrogen-bond acceptors (Lipinski definition) is 7. The lowest BCUT2D eigenvalue weighted by Crippen LogP contribution is -2.64. The van der Waals surface area contributed by atoms with E-state index in [9.17, 15) is 24.6 Å². The molecule has 5 aliphatic rings. The van der Waals surface area contributed by atoms with Gasteiger partial charge in [0.15, 0.2) is 17.2 Å². The zero-order valence-electron chi connectivity index (χ0n) is 19.6. The van der Waals surface area contributed by atoms with Crippen molar-refractivity contribution in [1.29, 1.82) is 0 Å². The quantitative estimate of drug-likeness (QED) is 0.487. The molecular formula is C25H33FO7. The highest BCUT2D eigenvalue weighted by Gasteiger charge is 2.77. The van der Waals surface area contributed by atoms with E-state index in [-0.39, 0.29) is 55.0 Å². The molecule has 0 amide bonds. The molecule has 0 spiro atoms. The molecule has 0 radical (unpaired) electrons. The minimum Gasteiger partial charge on any atom is -0.393 e. The fourth-order valence-electron chi connectivity index (χ4n) is 8.65. The Balaban J connectivity index is 1.61. The van der Waals surface area contributed by atoms with E-state index in [0.29, 0.717) is 18.3 Å². The van der Waals surface area contributed by atoms with Crippen LogP contribution in [0.2, 0.25) is 0 Å². The Bertz CT molecular complexity index is 958. The van der Waals surface area contributed by atoms with Crippen LogP contribution in [0.15, 0.2) is 11.4 Å². The molecule has 7 nitrogen and oxygen atoms in total. The first kappa shape index (κ1) is 23.3. The molecule has 4 aliphatic carbocycles. The van der Waals surface area contributed by atoms with Crippen LogP contribution >= 0.6 is 0 Å². The lowest BCUT2D eigenvalue weighted by Gasteiger charge is -2.60.